The van der Waals surface area contributed by atoms with Crippen LogP contribution in [0.2, 0.25) is 0 Å². The smallest absolute Gasteiger partial charge is 0.221 e. The molecule has 2 aromatic rings. The number of nitrogens with one attached hydrogen (secondary N) is 1. The Kier molecular flexibility index (Phi) is 5.55. The van der Waals surface area contributed by atoms with Gasteiger partial charge in [-0.25, -0.2) is 0 Å². The summed E-state index contributed by atoms with van der Waals surface area (Å²) < 4.78 is 6.79. The van der Waals surface area contributed by atoms with Gasteiger partial charge in [-0.3, -0.25) is 9.48 Å². The van der Waals surface area contributed by atoms with Gasteiger partial charge in [0.1, 0.15) is 5.75 Å². The van der Waals surface area contributed by atoms with Crippen molar-refractivity contribution in [2.24, 2.45) is 0 Å². The maximum absolute atomic E-state index is 11.8. The Morgan fingerprint density at radius 3 is 2.73 bits per heavy atom. The van der Waals surface area contributed by atoms with Gasteiger partial charge < -0.3 is 15.2 Å². The molecule has 0 aliphatic carbocycles. The quantitative estimate of drug-likeness (QED) is 0.811. The zero-order chi connectivity index (χ0) is 15.9. The number of aromatic nitrogens is 2. The number of aliphatic hydroxyl groups is 1. The van der Waals surface area contributed by atoms with Gasteiger partial charge in [0.25, 0.3) is 0 Å². The van der Waals surface area contributed by atoms with E-state index in [9.17, 15) is 9.90 Å². The summed E-state index contributed by atoms with van der Waals surface area (Å²) >= 11 is 0. The van der Waals surface area contributed by atoms with Crippen LogP contribution in [0.4, 0.5) is 0 Å². The lowest BCUT2D eigenvalue weighted by atomic mass is 10.1. The number of benzene rings is 1. The van der Waals surface area contributed by atoms with Gasteiger partial charge >= 0.3 is 0 Å². The summed E-state index contributed by atoms with van der Waals surface area (Å²) in [5.74, 6) is 0.621. The first kappa shape index (κ1) is 16.0. The molecule has 0 saturated carbocycles. The van der Waals surface area contributed by atoms with Crippen LogP contribution in [0.15, 0.2) is 36.7 Å². The summed E-state index contributed by atoms with van der Waals surface area (Å²) in [6.07, 6.45) is 3.24. The molecule has 0 spiro atoms. The standard InChI is InChI=1S/C16H21N3O3/c1-12-9-18-19(11-12)8-7-16(21)17-10-15(20)13-3-5-14(22-2)6-4-13/h3-6,9,11,15,20H,7-8,10H2,1-2H3,(H,17,21). The fraction of sp³-hybridized carbons (Fsp3) is 0.375. The fourth-order valence-electron chi connectivity index (χ4n) is 2.05. The third-order valence-electron chi connectivity index (χ3n) is 3.32. The van der Waals surface area contributed by atoms with Crippen molar-refractivity contribution in [2.45, 2.75) is 26.0 Å². The van der Waals surface area contributed by atoms with Crippen LogP contribution >= 0.6 is 0 Å². The van der Waals surface area contributed by atoms with Gasteiger partial charge in [0.15, 0.2) is 0 Å². The number of carbonyl (C=O) groups is 1. The van der Waals surface area contributed by atoms with E-state index in [1.54, 1.807) is 42.3 Å². The predicted molar refractivity (Wildman–Crippen MR) is 82.5 cm³/mol. The van der Waals surface area contributed by atoms with Crippen LogP contribution in [-0.2, 0) is 11.3 Å². The molecular weight excluding hydrogens is 282 g/mol. The summed E-state index contributed by atoms with van der Waals surface area (Å²) in [6, 6.07) is 7.12. The highest BCUT2D eigenvalue weighted by Crippen LogP contribution is 2.16. The van der Waals surface area contributed by atoms with E-state index in [0.29, 0.717) is 13.0 Å². The predicted octanol–water partition coefficient (Wildman–Crippen LogP) is 1.44. The number of hydrogen-bond donors (Lipinski definition) is 2. The SMILES string of the molecule is COc1ccc(C(O)CNC(=O)CCn2cc(C)cn2)cc1. The van der Waals surface area contributed by atoms with Crippen LogP contribution in [0.25, 0.3) is 0 Å². The highest BCUT2D eigenvalue weighted by Gasteiger charge is 2.10. The van der Waals surface area contributed by atoms with Gasteiger partial charge in [-0.2, -0.15) is 5.10 Å². The fourth-order valence-corrected chi connectivity index (χ4v) is 2.05. The van der Waals surface area contributed by atoms with Crippen molar-refractivity contribution in [3.05, 3.63) is 47.8 Å². The van der Waals surface area contributed by atoms with Crippen LogP contribution < -0.4 is 10.1 Å². The van der Waals surface area contributed by atoms with Crippen LogP contribution in [0, 0.1) is 6.92 Å². The summed E-state index contributed by atoms with van der Waals surface area (Å²) in [6.45, 7) is 2.66. The topological polar surface area (TPSA) is 76.4 Å². The molecule has 1 aromatic heterocycles. The maximum Gasteiger partial charge on any atom is 0.221 e. The minimum absolute atomic E-state index is 0.110. The van der Waals surface area contributed by atoms with Gasteiger partial charge in [0.05, 0.1) is 19.4 Å². The van der Waals surface area contributed by atoms with Gasteiger partial charge in [0, 0.05) is 25.7 Å². The molecule has 6 nitrogen and oxygen atoms in total. The summed E-state index contributed by atoms with van der Waals surface area (Å²) in [7, 11) is 1.59. The Labute approximate surface area is 129 Å². The van der Waals surface area contributed by atoms with Crippen molar-refractivity contribution in [3.63, 3.8) is 0 Å². The van der Waals surface area contributed by atoms with Crippen LogP contribution in [0.3, 0.4) is 0 Å². The number of carbonyl (C=O) groups excluding carboxylic acids is 1. The van der Waals surface area contributed by atoms with E-state index in [2.05, 4.69) is 10.4 Å². The van der Waals surface area contributed by atoms with Crippen molar-refractivity contribution >= 4 is 5.91 Å². The van der Waals surface area contributed by atoms with Gasteiger partial charge in [0.2, 0.25) is 5.91 Å². The molecule has 1 atom stereocenters. The van der Waals surface area contributed by atoms with Gasteiger partial charge in [-0.1, -0.05) is 12.1 Å². The van der Waals surface area contributed by atoms with Gasteiger partial charge in [-0.05, 0) is 30.2 Å². The molecule has 1 unspecified atom stereocenters. The van der Waals surface area contributed by atoms with Crippen molar-refractivity contribution in [1.29, 1.82) is 0 Å². The molecule has 0 aliphatic heterocycles. The Balaban J connectivity index is 1.74. The van der Waals surface area contributed by atoms with Crippen molar-refractivity contribution < 1.29 is 14.6 Å². The van der Waals surface area contributed by atoms with Crippen molar-refractivity contribution in [2.75, 3.05) is 13.7 Å². The third-order valence-corrected chi connectivity index (χ3v) is 3.32. The molecule has 0 radical (unpaired) electrons. The zero-order valence-corrected chi connectivity index (χ0v) is 12.8. The van der Waals surface area contributed by atoms with Crippen molar-refractivity contribution in [1.82, 2.24) is 15.1 Å². The van der Waals surface area contributed by atoms with E-state index in [1.807, 2.05) is 13.1 Å². The largest absolute Gasteiger partial charge is 0.497 e. The monoisotopic (exact) mass is 303 g/mol. The molecule has 6 heteroatoms. The Morgan fingerprint density at radius 1 is 1.41 bits per heavy atom. The second-order valence-electron chi connectivity index (χ2n) is 5.12. The van der Waals surface area contributed by atoms with E-state index in [4.69, 9.17) is 4.74 Å². The summed E-state index contributed by atoms with van der Waals surface area (Å²) in [5, 5.41) is 16.9. The summed E-state index contributed by atoms with van der Waals surface area (Å²) in [4.78, 5) is 11.8. The molecule has 0 saturated heterocycles. The molecule has 0 bridgehead atoms. The van der Waals surface area contributed by atoms with Crippen LogP contribution in [0.5, 0.6) is 5.75 Å². The first-order valence-corrected chi connectivity index (χ1v) is 7.16. The second-order valence-corrected chi connectivity index (χ2v) is 5.12. The lowest BCUT2D eigenvalue weighted by molar-refractivity contribution is -0.121. The Morgan fingerprint density at radius 2 is 2.14 bits per heavy atom. The summed E-state index contributed by atoms with van der Waals surface area (Å²) in [5.41, 5.74) is 1.80. The first-order chi connectivity index (χ1) is 10.6. The first-order valence-electron chi connectivity index (χ1n) is 7.16. The lowest BCUT2D eigenvalue weighted by Gasteiger charge is -2.13. The van der Waals surface area contributed by atoms with E-state index >= 15 is 0 Å². The molecule has 1 amide bonds. The van der Waals surface area contributed by atoms with Crippen molar-refractivity contribution in [3.8, 4) is 5.75 Å². The maximum atomic E-state index is 11.8. The number of aryl methyl sites for hydroxylation is 2. The van der Waals surface area contributed by atoms with E-state index in [0.717, 1.165) is 16.9 Å². The van der Waals surface area contributed by atoms with Crippen LogP contribution in [-0.4, -0.2) is 34.4 Å². The number of nitrogens with zero attached hydrogens (tertiary/aromatic N) is 2. The molecule has 22 heavy (non-hydrogen) atoms. The molecule has 118 valence electrons. The molecular formula is C16H21N3O3. The van der Waals surface area contributed by atoms with E-state index in [-0.39, 0.29) is 12.5 Å². The minimum atomic E-state index is -0.734. The molecule has 0 aliphatic rings. The number of hydrogen-bond acceptors (Lipinski definition) is 4. The third kappa shape index (κ3) is 4.60. The Bertz CT molecular complexity index is 607. The van der Waals surface area contributed by atoms with E-state index in [1.165, 1.54) is 0 Å². The Hall–Kier alpha value is -2.34. The number of ether oxygens (including phenoxy) is 1. The zero-order valence-electron chi connectivity index (χ0n) is 12.8. The second kappa shape index (κ2) is 7.61. The highest BCUT2D eigenvalue weighted by molar-refractivity contribution is 5.75. The average Bonchev–Trinajstić information content (AvgIpc) is 2.96. The number of rotatable bonds is 7. The van der Waals surface area contributed by atoms with Crippen LogP contribution in [0.1, 0.15) is 23.7 Å². The molecule has 2 rings (SSSR count). The van der Waals surface area contributed by atoms with Gasteiger partial charge in [-0.15, -0.1) is 0 Å². The molecule has 1 aromatic carbocycles. The van der Waals surface area contributed by atoms with E-state index < -0.39 is 6.10 Å². The average molecular weight is 303 g/mol. The normalized spacial score (nSPS) is 12.0. The number of aliphatic hydroxyl groups excluding tert-OH is 1. The highest BCUT2D eigenvalue weighted by atomic mass is 16.5. The number of amides is 1. The molecule has 2 N–H and O–H groups in total. The number of methoxy groups -OCH3 is 1. The molecule has 1 heterocycles. The lowest BCUT2D eigenvalue weighted by Crippen LogP contribution is -2.29. The minimum Gasteiger partial charge on any atom is -0.497 e. The molecule has 0 fully saturated rings.